The largest absolute Gasteiger partial charge is 0.394 e. The highest BCUT2D eigenvalue weighted by Crippen LogP contribution is 2.14. The van der Waals surface area contributed by atoms with Crippen molar-refractivity contribution in [3.63, 3.8) is 0 Å². The number of rotatable bonds is 2. The van der Waals surface area contributed by atoms with Gasteiger partial charge in [0, 0.05) is 12.2 Å². The van der Waals surface area contributed by atoms with E-state index in [2.05, 4.69) is 10.7 Å². The zero-order valence-corrected chi connectivity index (χ0v) is 10.2. The average Bonchev–Trinajstić information content (AvgIpc) is 2.42. The van der Waals surface area contributed by atoms with Crippen molar-refractivity contribution in [1.82, 2.24) is 10.4 Å². The van der Waals surface area contributed by atoms with Gasteiger partial charge in [0.15, 0.2) is 0 Å². The minimum Gasteiger partial charge on any atom is -0.394 e. The Morgan fingerprint density at radius 3 is 2.68 bits per heavy atom. The van der Waals surface area contributed by atoms with E-state index in [1.54, 1.807) is 24.3 Å². The first kappa shape index (κ1) is 13.8. The van der Waals surface area contributed by atoms with Gasteiger partial charge in [0.05, 0.1) is 12.7 Å². The molecule has 7 heteroatoms. The van der Waals surface area contributed by atoms with Gasteiger partial charge in [-0.05, 0) is 12.1 Å². The number of para-hydroxylation sites is 1. The maximum atomic E-state index is 12.0. The van der Waals surface area contributed by atoms with Crippen molar-refractivity contribution in [2.24, 2.45) is 0 Å². The average molecular weight is 267 g/mol. The third kappa shape index (κ3) is 3.02. The summed E-state index contributed by atoms with van der Waals surface area (Å²) in [5.74, 6) is 0. The Balaban J connectivity index is 2.05. The molecule has 7 nitrogen and oxygen atoms in total. The number of urea groups is 1. The topological polar surface area (TPSA) is 105 Å². The van der Waals surface area contributed by atoms with Crippen LogP contribution in [0.5, 0.6) is 0 Å². The first-order valence-corrected chi connectivity index (χ1v) is 5.99. The van der Waals surface area contributed by atoms with Crippen molar-refractivity contribution in [3.8, 4) is 0 Å². The van der Waals surface area contributed by atoms with Gasteiger partial charge in [-0.25, -0.2) is 10.2 Å². The summed E-state index contributed by atoms with van der Waals surface area (Å²) in [6, 6.07) is 7.43. The summed E-state index contributed by atoms with van der Waals surface area (Å²) in [6.07, 6.45) is -2.20. The SMILES string of the molecule is O=C(Nc1ccccc1)N1NC[C@H](O)[C@@H](O)[C@@H]1CO. The standard InChI is InChI=1S/C12H17N3O4/c16-7-9-11(18)10(17)6-13-15(9)12(19)14-8-4-2-1-3-5-8/h1-5,9-11,13,16-18H,6-7H2,(H,14,19)/t9-,10-,11-/m0/s1. The van der Waals surface area contributed by atoms with Crippen LogP contribution in [-0.4, -0.2) is 57.8 Å². The number of amides is 2. The van der Waals surface area contributed by atoms with E-state index in [-0.39, 0.29) is 6.54 Å². The van der Waals surface area contributed by atoms with Crippen LogP contribution in [0.2, 0.25) is 0 Å². The molecule has 3 atom stereocenters. The zero-order valence-electron chi connectivity index (χ0n) is 10.2. The second-order valence-corrected chi connectivity index (χ2v) is 4.34. The zero-order chi connectivity index (χ0) is 13.8. The lowest BCUT2D eigenvalue weighted by Gasteiger charge is -2.40. The van der Waals surface area contributed by atoms with E-state index in [9.17, 15) is 20.1 Å². The fourth-order valence-electron chi connectivity index (χ4n) is 1.96. The number of nitrogens with zero attached hydrogens (tertiary/aromatic N) is 1. The minimum atomic E-state index is -1.19. The minimum absolute atomic E-state index is 0.0415. The van der Waals surface area contributed by atoms with Crippen molar-refractivity contribution in [3.05, 3.63) is 30.3 Å². The fourth-order valence-corrected chi connectivity index (χ4v) is 1.96. The highest BCUT2D eigenvalue weighted by Gasteiger charge is 2.38. The van der Waals surface area contributed by atoms with E-state index in [0.717, 1.165) is 5.01 Å². The van der Waals surface area contributed by atoms with E-state index < -0.39 is 30.9 Å². The molecule has 2 rings (SSSR count). The number of hydrazine groups is 1. The predicted molar refractivity (Wildman–Crippen MR) is 68.2 cm³/mol. The molecule has 0 saturated carbocycles. The van der Waals surface area contributed by atoms with Crippen LogP contribution in [-0.2, 0) is 0 Å². The number of aliphatic hydroxyl groups is 3. The van der Waals surface area contributed by atoms with Crippen LogP contribution in [0, 0.1) is 0 Å². The van der Waals surface area contributed by atoms with Gasteiger partial charge in [-0.15, -0.1) is 0 Å². The van der Waals surface area contributed by atoms with Crippen LogP contribution in [0.15, 0.2) is 30.3 Å². The van der Waals surface area contributed by atoms with Crippen LogP contribution >= 0.6 is 0 Å². The molecule has 1 aromatic carbocycles. The van der Waals surface area contributed by atoms with Crippen LogP contribution < -0.4 is 10.7 Å². The van der Waals surface area contributed by atoms with E-state index in [4.69, 9.17) is 0 Å². The Morgan fingerprint density at radius 1 is 1.37 bits per heavy atom. The predicted octanol–water partition coefficient (Wildman–Crippen LogP) is -0.879. The molecule has 19 heavy (non-hydrogen) atoms. The van der Waals surface area contributed by atoms with Crippen LogP contribution in [0.3, 0.4) is 0 Å². The molecule has 1 aromatic rings. The first-order chi connectivity index (χ1) is 9.13. The van der Waals surface area contributed by atoms with E-state index >= 15 is 0 Å². The number of nitrogens with one attached hydrogen (secondary N) is 2. The van der Waals surface area contributed by atoms with Crippen molar-refractivity contribution < 1.29 is 20.1 Å². The summed E-state index contributed by atoms with van der Waals surface area (Å²) in [6.45, 7) is -0.409. The Labute approximate surface area is 110 Å². The van der Waals surface area contributed by atoms with Crippen LogP contribution in [0.1, 0.15) is 0 Å². The van der Waals surface area contributed by atoms with Gasteiger partial charge >= 0.3 is 6.03 Å². The number of carbonyl (C=O) groups is 1. The van der Waals surface area contributed by atoms with E-state index in [1.807, 2.05) is 6.07 Å². The van der Waals surface area contributed by atoms with Crippen molar-refractivity contribution >= 4 is 11.7 Å². The second kappa shape index (κ2) is 5.98. The van der Waals surface area contributed by atoms with Crippen molar-refractivity contribution in [2.75, 3.05) is 18.5 Å². The molecule has 1 aliphatic rings. The van der Waals surface area contributed by atoms with E-state index in [1.165, 1.54) is 0 Å². The third-order valence-corrected chi connectivity index (χ3v) is 3.02. The highest BCUT2D eigenvalue weighted by atomic mass is 16.3. The van der Waals surface area contributed by atoms with Gasteiger partial charge in [0.2, 0.25) is 0 Å². The maximum Gasteiger partial charge on any atom is 0.336 e. The van der Waals surface area contributed by atoms with Gasteiger partial charge in [0.1, 0.15) is 12.1 Å². The van der Waals surface area contributed by atoms with Crippen molar-refractivity contribution in [1.29, 1.82) is 0 Å². The molecule has 5 N–H and O–H groups in total. The molecule has 0 aliphatic carbocycles. The molecule has 1 heterocycles. The lowest BCUT2D eigenvalue weighted by molar-refractivity contribution is -0.0884. The molecule has 0 spiro atoms. The van der Waals surface area contributed by atoms with Gasteiger partial charge < -0.3 is 20.6 Å². The Hall–Kier alpha value is -1.67. The Bertz CT molecular complexity index is 428. The quantitative estimate of drug-likeness (QED) is 0.479. The molecule has 104 valence electrons. The lowest BCUT2D eigenvalue weighted by Crippen LogP contribution is -2.66. The smallest absolute Gasteiger partial charge is 0.336 e. The number of β-amino-alcohol motifs (C(OH)–C–C–N with tert-alkyl or cyclic N) is 1. The highest BCUT2D eigenvalue weighted by molar-refractivity contribution is 5.89. The molecule has 0 unspecified atom stereocenters. The van der Waals surface area contributed by atoms with E-state index in [0.29, 0.717) is 5.69 Å². The van der Waals surface area contributed by atoms with Gasteiger partial charge in [-0.2, -0.15) is 0 Å². The number of aliphatic hydroxyl groups excluding tert-OH is 3. The van der Waals surface area contributed by atoms with Crippen LogP contribution in [0.4, 0.5) is 10.5 Å². The molecular formula is C12H17N3O4. The lowest BCUT2D eigenvalue weighted by atomic mass is 10.0. The molecule has 0 bridgehead atoms. The van der Waals surface area contributed by atoms with Crippen LogP contribution in [0.25, 0.3) is 0 Å². The Kier molecular flexibility index (Phi) is 4.33. The summed E-state index contributed by atoms with van der Waals surface area (Å²) >= 11 is 0. The third-order valence-electron chi connectivity index (χ3n) is 3.02. The van der Waals surface area contributed by atoms with Crippen molar-refractivity contribution in [2.45, 2.75) is 18.2 Å². The van der Waals surface area contributed by atoms with Gasteiger partial charge in [0.25, 0.3) is 0 Å². The molecule has 1 fully saturated rings. The Morgan fingerprint density at radius 2 is 2.05 bits per heavy atom. The van der Waals surface area contributed by atoms with Gasteiger partial charge in [-0.1, -0.05) is 18.2 Å². The van der Waals surface area contributed by atoms with Gasteiger partial charge in [-0.3, -0.25) is 5.01 Å². The number of anilines is 1. The summed E-state index contributed by atoms with van der Waals surface area (Å²) in [4.78, 5) is 12.0. The number of hydrogen-bond donors (Lipinski definition) is 5. The first-order valence-electron chi connectivity index (χ1n) is 5.99. The summed E-state index contributed by atoms with van der Waals surface area (Å²) in [5, 5.41) is 32.2. The summed E-state index contributed by atoms with van der Waals surface area (Å²) in [7, 11) is 0. The molecule has 1 aliphatic heterocycles. The summed E-state index contributed by atoms with van der Waals surface area (Å²) < 4.78 is 0. The second-order valence-electron chi connectivity index (χ2n) is 4.34. The molecule has 0 radical (unpaired) electrons. The maximum absolute atomic E-state index is 12.0. The molecule has 2 amide bonds. The molecule has 0 aromatic heterocycles. The molecule has 1 saturated heterocycles. The monoisotopic (exact) mass is 267 g/mol. The number of hydrogen-bond acceptors (Lipinski definition) is 5. The molecular weight excluding hydrogens is 250 g/mol. The number of benzene rings is 1. The fraction of sp³-hybridized carbons (Fsp3) is 0.417. The summed E-state index contributed by atoms with van der Waals surface area (Å²) in [5.41, 5.74) is 3.27. The number of carbonyl (C=O) groups excluding carboxylic acids is 1. The normalized spacial score (nSPS) is 27.1.